The molecule has 4 rings (SSSR count). The number of tetrazole rings is 1. The summed E-state index contributed by atoms with van der Waals surface area (Å²) in [6.45, 7) is 3.40. The number of benzene rings is 1. The molecule has 1 aliphatic carbocycles. The fraction of sp³-hybridized carbons (Fsp3) is 0.588. The summed E-state index contributed by atoms with van der Waals surface area (Å²) < 4.78 is 1.77. The lowest BCUT2D eigenvalue weighted by Crippen LogP contribution is -2.31. The molecule has 0 unspecified atom stereocenters. The normalized spacial score (nSPS) is 22.7. The van der Waals surface area contributed by atoms with Gasteiger partial charge < -0.3 is 10.2 Å². The Kier molecular flexibility index (Phi) is 4.24. The second kappa shape index (κ2) is 6.66. The maximum atomic E-state index is 4.13. The molecule has 0 amide bonds. The smallest absolute Gasteiger partial charge is 0.247 e. The van der Waals surface area contributed by atoms with E-state index in [1.165, 1.54) is 45.2 Å². The predicted molar refractivity (Wildman–Crippen MR) is 89.6 cm³/mol. The molecule has 1 saturated heterocycles. The van der Waals surface area contributed by atoms with E-state index >= 15 is 0 Å². The molecular formula is C17H24N6. The number of hydrogen-bond donors (Lipinski definition) is 1. The minimum Gasteiger partial charge on any atom is -0.352 e. The average Bonchev–Trinajstić information content (AvgIpc) is 3.33. The van der Waals surface area contributed by atoms with Gasteiger partial charge in [0.1, 0.15) is 0 Å². The molecule has 1 aliphatic heterocycles. The molecule has 1 saturated carbocycles. The van der Waals surface area contributed by atoms with E-state index < -0.39 is 0 Å². The van der Waals surface area contributed by atoms with E-state index in [0.29, 0.717) is 5.92 Å². The van der Waals surface area contributed by atoms with Crippen molar-refractivity contribution in [2.45, 2.75) is 38.1 Å². The molecular weight excluding hydrogens is 288 g/mol. The van der Waals surface area contributed by atoms with Crippen LogP contribution in [0.3, 0.4) is 0 Å². The van der Waals surface area contributed by atoms with E-state index in [2.05, 4.69) is 25.7 Å². The van der Waals surface area contributed by atoms with Gasteiger partial charge in [-0.05, 0) is 54.3 Å². The number of aromatic nitrogens is 4. The van der Waals surface area contributed by atoms with Crippen LogP contribution in [-0.2, 0) is 0 Å². The van der Waals surface area contributed by atoms with Gasteiger partial charge in [-0.25, -0.2) is 0 Å². The van der Waals surface area contributed by atoms with Gasteiger partial charge in [0.05, 0.1) is 5.69 Å². The van der Waals surface area contributed by atoms with Gasteiger partial charge in [-0.3, -0.25) is 0 Å². The summed E-state index contributed by atoms with van der Waals surface area (Å²) >= 11 is 0. The Bertz CT molecular complexity index is 619. The number of nitrogens with zero attached hydrogens (tertiary/aromatic N) is 5. The number of rotatable bonds is 5. The summed E-state index contributed by atoms with van der Waals surface area (Å²) in [4.78, 5) is 2.69. The number of para-hydroxylation sites is 1. The van der Waals surface area contributed by atoms with Crippen molar-refractivity contribution in [2.75, 3.05) is 25.0 Å². The first-order valence-corrected chi connectivity index (χ1v) is 8.72. The first-order valence-electron chi connectivity index (χ1n) is 8.72. The first-order chi connectivity index (χ1) is 11.4. The van der Waals surface area contributed by atoms with Crippen LogP contribution in [0.5, 0.6) is 0 Å². The lowest BCUT2D eigenvalue weighted by Gasteiger charge is -2.23. The molecule has 2 heterocycles. The van der Waals surface area contributed by atoms with Crippen LogP contribution in [0.25, 0.3) is 5.69 Å². The zero-order valence-electron chi connectivity index (χ0n) is 13.4. The minimum absolute atomic E-state index is 0.691. The molecule has 0 bridgehead atoms. The quantitative estimate of drug-likeness (QED) is 0.918. The van der Waals surface area contributed by atoms with Crippen molar-refractivity contribution in [1.29, 1.82) is 0 Å². The van der Waals surface area contributed by atoms with E-state index in [-0.39, 0.29) is 0 Å². The topological polar surface area (TPSA) is 58.9 Å². The van der Waals surface area contributed by atoms with Crippen LogP contribution in [0, 0.1) is 5.92 Å². The second-order valence-electron chi connectivity index (χ2n) is 6.72. The lowest BCUT2D eigenvalue weighted by molar-refractivity contribution is 0.238. The molecule has 122 valence electrons. The van der Waals surface area contributed by atoms with Crippen molar-refractivity contribution in [3.05, 3.63) is 30.3 Å². The molecule has 2 aliphatic rings. The van der Waals surface area contributed by atoms with Crippen LogP contribution in [-0.4, -0.2) is 50.8 Å². The molecule has 1 aromatic heterocycles. The predicted octanol–water partition coefficient (Wildman–Crippen LogP) is 2.34. The van der Waals surface area contributed by atoms with Gasteiger partial charge in [0.2, 0.25) is 5.95 Å². The van der Waals surface area contributed by atoms with Gasteiger partial charge >= 0.3 is 0 Å². The molecule has 23 heavy (non-hydrogen) atoms. The van der Waals surface area contributed by atoms with E-state index in [1.807, 2.05) is 30.3 Å². The molecule has 0 spiro atoms. The van der Waals surface area contributed by atoms with E-state index in [0.717, 1.165) is 24.2 Å². The molecule has 0 radical (unpaired) electrons. The Hall–Kier alpha value is -1.95. The minimum atomic E-state index is 0.691. The Balaban J connectivity index is 1.34. The van der Waals surface area contributed by atoms with Crippen LogP contribution in [0.4, 0.5) is 5.95 Å². The van der Waals surface area contributed by atoms with Crippen molar-refractivity contribution in [3.63, 3.8) is 0 Å². The Morgan fingerprint density at radius 2 is 1.91 bits per heavy atom. The molecule has 1 N–H and O–H groups in total. The van der Waals surface area contributed by atoms with Gasteiger partial charge in [0.25, 0.3) is 0 Å². The van der Waals surface area contributed by atoms with Gasteiger partial charge in [0, 0.05) is 19.1 Å². The largest absolute Gasteiger partial charge is 0.352 e. The summed E-state index contributed by atoms with van der Waals surface area (Å²) in [5.74, 6) is 1.42. The number of anilines is 1. The molecule has 6 nitrogen and oxygen atoms in total. The van der Waals surface area contributed by atoms with Crippen molar-refractivity contribution in [2.24, 2.45) is 5.92 Å². The molecule has 1 atom stereocenters. The van der Waals surface area contributed by atoms with Crippen molar-refractivity contribution >= 4 is 5.95 Å². The summed E-state index contributed by atoms with van der Waals surface area (Å²) in [6, 6.07) is 10.9. The van der Waals surface area contributed by atoms with Crippen LogP contribution >= 0.6 is 0 Å². The van der Waals surface area contributed by atoms with Crippen LogP contribution in [0.15, 0.2) is 30.3 Å². The summed E-state index contributed by atoms with van der Waals surface area (Å²) in [5.41, 5.74) is 0.985. The molecule has 6 heteroatoms. The van der Waals surface area contributed by atoms with E-state index in [9.17, 15) is 0 Å². The van der Waals surface area contributed by atoms with Crippen LogP contribution in [0.2, 0.25) is 0 Å². The van der Waals surface area contributed by atoms with Gasteiger partial charge in [-0.2, -0.15) is 4.68 Å². The standard InChI is InChI=1S/C17H24N6/c1-2-8-16(9-3-1)23-17(19-20-21-23)18-12-14-10-11-22(13-14)15-6-4-5-7-15/h1-3,8-9,14-15H,4-7,10-13H2,(H,18,19,21)/t14-/m0/s1. The van der Waals surface area contributed by atoms with Crippen molar-refractivity contribution < 1.29 is 0 Å². The van der Waals surface area contributed by atoms with E-state index in [1.54, 1.807) is 4.68 Å². The maximum Gasteiger partial charge on any atom is 0.247 e. The zero-order chi connectivity index (χ0) is 15.5. The Morgan fingerprint density at radius 1 is 1.09 bits per heavy atom. The van der Waals surface area contributed by atoms with Gasteiger partial charge in [-0.1, -0.05) is 36.1 Å². The summed E-state index contributed by atoms with van der Waals surface area (Å²) in [7, 11) is 0. The monoisotopic (exact) mass is 312 g/mol. The SMILES string of the molecule is c1ccc(-n2nnnc2NC[C@@H]2CCN(C3CCCC3)C2)cc1. The lowest BCUT2D eigenvalue weighted by atomic mass is 10.1. The average molecular weight is 312 g/mol. The van der Waals surface area contributed by atoms with Crippen molar-refractivity contribution in [3.8, 4) is 5.69 Å². The highest BCUT2D eigenvalue weighted by molar-refractivity contribution is 5.38. The summed E-state index contributed by atoms with van der Waals surface area (Å²) in [5, 5.41) is 15.5. The Labute approximate surface area is 136 Å². The zero-order valence-corrected chi connectivity index (χ0v) is 13.4. The van der Waals surface area contributed by atoms with Crippen LogP contribution in [0.1, 0.15) is 32.1 Å². The maximum absolute atomic E-state index is 4.13. The van der Waals surface area contributed by atoms with Crippen molar-refractivity contribution in [1.82, 2.24) is 25.1 Å². The summed E-state index contributed by atoms with van der Waals surface area (Å²) in [6.07, 6.45) is 6.89. The molecule has 1 aromatic carbocycles. The molecule has 2 aromatic rings. The third-order valence-electron chi connectivity index (χ3n) is 5.18. The Morgan fingerprint density at radius 3 is 2.74 bits per heavy atom. The van der Waals surface area contributed by atoms with Gasteiger partial charge in [-0.15, -0.1) is 0 Å². The number of nitrogens with one attached hydrogen (secondary N) is 1. The molecule has 2 fully saturated rings. The third-order valence-corrected chi connectivity index (χ3v) is 5.18. The number of hydrogen-bond acceptors (Lipinski definition) is 5. The van der Waals surface area contributed by atoms with Gasteiger partial charge in [0.15, 0.2) is 0 Å². The fourth-order valence-corrected chi connectivity index (χ4v) is 3.91. The number of likely N-dealkylation sites (tertiary alicyclic amines) is 1. The third kappa shape index (κ3) is 3.22. The highest BCUT2D eigenvalue weighted by Gasteiger charge is 2.29. The first kappa shape index (κ1) is 14.6. The highest BCUT2D eigenvalue weighted by atomic mass is 15.6. The van der Waals surface area contributed by atoms with Crippen LogP contribution < -0.4 is 5.32 Å². The van der Waals surface area contributed by atoms with E-state index in [4.69, 9.17) is 0 Å². The highest BCUT2D eigenvalue weighted by Crippen LogP contribution is 2.28. The second-order valence-corrected chi connectivity index (χ2v) is 6.72. The fourth-order valence-electron chi connectivity index (χ4n) is 3.91.